The monoisotopic (exact) mass is 914 g/mol. The number of nitrogens with zero attached hydrogens (tertiary/aromatic N) is 2. The van der Waals surface area contributed by atoms with Gasteiger partial charge in [0.15, 0.2) is 0 Å². The second-order valence-electron chi connectivity index (χ2n) is 22.7. The normalized spacial score (nSPS) is 21.4. The summed E-state index contributed by atoms with van der Waals surface area (Å²) >= 11 is 0. The van der Waals surface area contributed by atoms with Crippen molar-refractivity contribution in [2.45, 2.75) is 102 Å². The number of hydrogen-bond donors (Lipinski definition) is 0. The molecule has 1 fully saturated rings. The average molecular weight is 915 g/mol. The first-order valence-electron chi connectivity index (χ1n) is 25.4. The summed E-state index contributed by atoms with van der Waals surface area (Å²) in [5.74, 6) is 0. The third kappa shape index (κ3) is 5.80. The van der Waals surface area contributed by atoms with Gasteiger partial charge in [0.1, 0.15) is 16.1 Å². The average Bonchev–Trinajstić information content (AvgIpc) is 3.73. The van der Waals surface area contributed by atoms with Crippen molar-refractivity contribution in [3.8, 4) is 11.1 Å². The van der Waals surface area contributed by atoms with E-state index in [2.05, 4.69) is 233 Å². The third-order valence-electron chi connectivity index (χ3n) is 17.8. The fourth-order valence-electron chi connectivity index (χ4n) is 14.2. The van der Waals surface area contributed by atoms with Gasteiger partial charge in [0.05, 0.1) is 5.54 Å². The first-order valence-corrected chi connectivity index (χ1v) is 31.4. The van der Waals surface area contributed by atoms with Crippen LogP contribution in [-0.4, -0.2) is 21.7 Å². The van der Waals surface area contributed by atoms with Gasteiger partial charge in [-0.05, 0) is 139 Å². The third-order valence-corrected chi connectivity index (χ3v) is 24.9. The van der Waals surface area contributed by atoms with Gasteiger partial charge in [-0.25, -0.2) is 0 Å². The number of benzene rings is 7. The number of anilines is 5. The van der Waals surface area contributed by atoms with E-state index in [1.807, 2.05) is 0 Å². The van der Waals surface area contributed by atoms with Crippen molar-refractivity contribution in [3.63, 3.8) is 0 Å². The highest BCUT2D eigenvalue weighted by molar-refractivity contribution is 7.03. The first kappa shape index (κ1) is 41.9. The van der Waals surface area contributed by atoms with E-state index < -0.39 is 16.1 Å². The van der Waals surface area contributed by atoms with Crippen LogP contribution in [0.2, 0.25) is 26.2 Å². The zero-order valence-electron chi connectivity index (χ0n) is 40.9. The summed E-state index contributed by atoms with van der Waals surface area (Å²) in [6.07, 6.45) is 17.0. The second-order valence-corrected chi connectivity index (χ2v) is 31.3. The smallest absolute Gasteiger partial charge is 0.117 e. The molecule has 0 aromatic heterocycles. The Labute approximate surface area is 406 Å². The van der Waals surface area contributed by atoms with E-state index in [1.165, 1.54) is 131 Å². The van der Waals surface area contributed by atoms with Crippen LogP contribution in [-0.2, 0) is 10.8 Å². The van der Waals surface area contributed by atoms with E-state index >= 15 is 0 Å². The highest BCUT2D eigenvalue weighted by Crippen LogP contribution is 2.58. The van der Waals surface area contributed by atoms with E-state index in [0.717, 1.165) is 6.42 Å². The van der Waals surface area contributed by atoms with E-state index in [0.29, 0.717) is 0 Å². The molecule has 336 valence electrons. The van der Waals surface area contributed by atoms with E-state index in [-0.39, 0.29) is 16.4 Å². The van der Waals surface area contributed by atoms with Crippen LogP contribution in [0.4, 0.5) is 28.4 Å². The molecular formula is C64H62N2Si2. The maximum Gasteiger partial charge on any atom is 0.117 e. The van der Waals surface area contributed by atoms with E-state index in [1.54, 1.807) is 5.57 Å². The number of rotatable bonds is 4. The summed E-state index contributed by atoms with van der Waals surface area (Å²) in [6.45, 7) is 17.5. The van der Waals surface area contributed by atoms with Crippen LogP contribution in [0.1, 0.15) is 92.7 Å². The fraction of sp³-hybridized carbons (Fsp3) is 0.250. The molecule has 0 bridgehead atoms. The first-order chi connectivity index (χ1) is 32.8. The number of para-hydroxylation sites is 4. The van der Waals surface area contributed by atoms with Gasteiger partial charge in [0.25, 0.3) is 0 Å². The predicted octanol–water partition coefficient (Wildman–Crippen LogP) is 14.4. The Morgan fingerprint density at radius 2 is 0.956 bits per heavy atom. The summed E-state index contributed by atoms with van der Waals surface area (Å²) in [4.78, 5) is 5.26. The Kier molecular flexibility index (Phi) is 9.04. The molecule has 0 amide bonds. The predicted molar refractivity (Wildman–Crippen MR) is 296 cm³/mol. The van der Waals surface area contributed by atoms with Gasteiger partial charge in [-0.1, -0.05) is 199 Å². The van der Waals surface area contributed by atoms with Gasteiger partial charge in [-0.15, -0.1) is 0 Å². The highest BCUT2D eigenvalue weighted by Gasteiger charge is 2.49. The highest BCUT2D eigenvalue weighted by atomic mass is 28.3. The summed E-state index contributed by atoms with van der Waals surface area (Å²) < 4.78 is 0. The molecule has 1 unspecified atom stereocenters. The molecule has 1 saturated carbocycles. The van der Waals surface area contributed by atoms with Gasteiger partial charge in [-0.2, -0.15) is 0 Å². The summed E-state index contributed by atoms with van der Waals surface area (Å²) in [7, 11) is -3.73. The zero-order valence-corrected chi connectivity index (χ0v) is 42.9. The van der Waals surface area contributed by atoms with Crippen molar-refractivity contribution >= 4 is 83.1 Å². The van der Waals surface area contributed by atoms with Gasteiger partial charge < -0.3 is 9.80 Å². The van der Waals surface area contributed by atoms with Crippen molar-refractivity contribution in [2.24, 2.45) is 0 Å². The summed E-state index contributed by atoms with van der Waals surface area (Å²) in [5.41, 5.74) is 20.8. The minimum atomic E-state index is -1.86. The lowest BCUT2D eigenvalue weighted by atomic mass is 9.67. The number of allylic oxidation sites excluding steroid dienone is 2. The van der Waals surface area contributed by atoms with Crippen LogP contribution in [0.15, 0.2) is 169 Å². The molecule has 1 spiro atoms. The molecule has 2 aliphatic heterocycles. The largest absolute Gasteiger partial charge is 0.332 e. The molecule has 0 radical (unpaired) electrons. The van der Waals surface area contributed by atoms with Crippen molar-refractivity contribution < 1.29 is 0 Å². The minimum absolute atomic E-state index is 0.0342. The molecule has 1 atom stereocenters. The molecule has 68 heavy (non-hydrogen) atoms. The van der Waals surface area contributed by atoms with Crippen LogP contribution in [0.25, 0.3) is 28.9 Å². The van der Waals surface area contributed by atoms with Crippen molar-refractivity contribution in [1.29, 1.82) is 0 Å². The maximum atomic E-state index is 2.68. The molecule has 6 aliphatic rings. The Morgan fingerprint density at radius 3 is 1.53 bits per heavy atom. The molecule has 4 aliphatic carbocycles. The quantitative estimate of drug-likeness (QED) is 0.128. The van der Waals surface area contributed by atoms with Crippen molar-refractivity contribution in [2.75, 3.05) is 9.80 Å². The second kappa shape index (κ2) is 14.7. The standard InChI is InChI=1S/C64H62N2Si2/c1-62(2)50-39-43(29-32-46(50)49-35-38-63(3,42-53(49)62)66-56-21-11-15-25-60(56)68(6,7)61-26-16-12-22-57(61)66)27-28-44-30-33-47-48-34-31-45(41-52(48)64(51(47)40-44)36-17-8-18-37-64)65-54-19-9-13-23-58(54)67(4,5)59-24-14-10-20-55(59)65/h9-16,19-35,38-41H,8,17-18,36-37,42H2,1-7H3. The van der Waals surface area contributed by atoms with Crippen LogP contribution in [0.3, 0.4) is 0 Å². The summed E-state index contributed by atoms with van der Waals surface area (Å²) in [6, 6.07) is 58.9. The van der Waals surface area contributed by atoms with Crippen molar-refractivity contribution in [1.82, 2.24) is 0 Å². The zero-order chi connectivity index (χ0) is 46.4. The molecule has 13 rings (SSSR count). The molecular weight excluding hydrogens is 853 g/mol. The molecule has 0 N–H and O–H groups in total. The van der Waals surface area contributed by atoms with Gasteiger partial charge in [-0.3, -0.25) is 0 Å². The van der Waals surface area contributed by atoms with E-state index in [9.17, 15) is 0 Å². The Bertz CT molecular complexity index is 3280. The molecule has 7 aromatic rings. The SMILES string of the molecule is CC1(C)C2=C(C=CC(C)(N3c4ccccc4[Si](C)(C)c4ccccc43)C2)c2ccc(C=Cc3ccc4c(c3)C3(CCCCC3)c3cc(N5c6ccccc6[Si](C)(C)c6ccccc65)ccc3-4)cc21. The lowest BCUT2D eigenvalue weighted by Crippen LogP contribution is -2.62. The minimum Gasteiger partial charge on any atom is -0.332 e. The Hall–Kier alpha value is -6.21. The topological polar surface area (TPSA) is 6.48 Å². The lowest BCUT2D eigenvalue weighted by molar-refractivity contribution is 0.353. The summed E-state index contributed by atoms with van der Waals surface area (Å²) in [5, 5.41) is 6.10. The van der Waals surface area contributed by atoms with Gasteiger partial charge >= 0.3 is 0 Å². The molecule has 4 heteroatoms. The number of fused-ring (bicyclic) bond motifs is 11. The van der Waals surface area contributed by atoms with Crippen LogP contribution in [0, 0.1) is 0 Å². The molecule has 2 nitrogen and oxygen atoms in total. The van der Waals surface area contributed by atoms with E-state index in [4.69, 9.17) is 0 Å². The van der Waals surface area contributed by atoms with Crippen LogP contribution in [0.5, 0.6) is 0 Å². The number of hydrogen-bond acceptors (Lipinski definition) is 2. The maximum absolute atomic E-state index is 2.68. The Morgan fingerprint density at radius 1 is 0.485 bits per heavy atom. The molecule has 7 aromatic carbocycles. The lowest BCUT2D eigenvalue weighted by Gasteiger charge is -2.50. The van der Waals surface area contributed by atoms with Gasteiger partial charge in [0.2, 0.25) is 0 Å². The molecule has 2 heterocycles. The van der Waals surface area contributed by atoms with Crippen LogP contribution < -0.4 is 30.5 Å². The fourth-order valence-corrected chi connectivity index (χ4v) is 20.2. The van der Waals surface area contributed by atoms with Crippen LogP contribution >= 0.6 is 0 Å². The Balaban J connectivity index is 0.815. The molecule has 0 saturated heterocycles. The van der Waals surface area contributed by atoms with Crippen molar-refractivity contribution in [3.05, 3.63) is 203 Å². The van der Waals surface area contributed by atoms with Gasteiger partial charge in [0, 0.05) is 39.3 Å².